The maximum Gasteiger partial charge on any atom is 0.227 e. The van der Waals surface area contributed by atoms with Crippen molar-refractivity contribution >= 4 is 57.0 Å². The second-order valence-corrected chi connectivity index (χ2v) is 19.3. The fraction of sp³-hybridized carbons (Fsp3) is 0. The lowest BCUT2D eigenvalue weighted by Crippen LogP contribution is -2.71. The van der Waals surface area contributed by atoms with E-state index in [4.69, 9.17) is 9.40 Å². The highest BCUT2D eigenvalue weighted by molar-refractivity contribution is 7.25. The smallest absolute Gasteiger partial charge is 0.227 e. The maximum absolute atomic E-state index is 6.63. The average molecular weight is 767 g/mol. The lowest BCUT2D eigenvalue weighted by molar-refractivity contribution is 0.620. The van der Waals surface area contributed by atoms with Crippen LogP contribution in [-0.2, 0) is 0 Å². The summed E-state index contributed by atoms with van der Waals surface area (Å²) >= 11 is 0. The third kappa shape index (κ3) is 4.38. The Balaban J connectivity index is 1.05. The summed E-state index contributed by atoms with van der Waals surface area (Å²) in [5, 5.41) is 5.64. The molecule has 1 aromatic heterocycles. The molecule has 0 bridgehead atoms. The van der Waals surface area contributed by atoms with Crippen LogP contribution in [0.1, 0.15) is 0 Å². The van der Waals surface area contributed by atoms with E-state index in [-0.39, 0.29) is 0 Å². The third-order valence-corrected chi connectivity index (χ3v) is 17.9. The Morgan fingerprint density at radius 2 is 0.814 bits per heavy atom. The molecule has 0 saturated carbocycles. The third-order valence-electron chi connectivity index (χ3n) is 12.9. The molecule has 0 N–H and O–H groups in total. The van der Waals surface area contributed by atoms with Crippen LogP contribution in [0, 0.1) is 0 Å². The number of aromatic nitrogens is 1. The van der Waals surface area contributed by atoms with Gasteiger partial charge in [0.1, 0.15) is 5.52 Å². The van der Waals surface area contributed by atoms with Crippen molar-refractivity contribution in [2.24, 2.45) is 0 Å². The first-order valence-electron chi connectivity index (χ1n) is 20.3. The van der Waals surface area contributed by atoms with Crippen molar-refractivity contribution in [3.8, 4) is 67.1 Å². The number of oxazole rings is 1. The SMILES string of the molecule is c1ccc2c(c1)-c1ccccc1N(c1ccc(-c3cccc4c3[Si]3(c5ccccc5-4)c4ccccc4-c4cccc(-c5nc6ccccc6o5)c43)cc1)c1ccccc1-2. The van der Waals surface area contributed by atoms with Crippen molar-refractivity contribution in [1.82, 2.24) is 4.98 Å². The van der Waals surface area contributed by atoms with Crippen LogP contribution in [0.15, 0.2) is 211 Å². The summed E-state index contributed by atoms with van der Waals surface area (Å²) < 4.78 is 6.63. The van der Waals surface area contributed by atoms with Crippen LogP contribution in [-0.4, -0.2) is 13.1 Å². The van der Waals surface area contributed by atoms with E-state index in [0.29, 0.717) is 5.89 Å². The van der Waals surface area contributed by atoms with E-state index < -0.39 is 8.07 Å². The Hall–Kier alpha value is -7.53. The van der Waals surface area contributed by atoms with Crippen molar-refractivity contribution < 1.29 is 4.42 Å². The average Bonchev–Trinajstić information content (AvgIpc) is 3.94. The number of nitrogens with zero attached hydrogens (tertiary/aromatic N) is 2. The normalized spacial score (nSPS) is 15.2. The van der Waals surface area contributed by atoms with Crippen LogP contribution >= 0.6 is 0 Å². The van der Waals surface area contributed by atoms with Gasteiger partial charge in [0.15, 0.2) is 13.7 Å². The summed E-state index contributed by atoms with van der Waals surface area (Å²) in [6.45, 7) is 0. The van der Waals surface area contributed by atoms with Crippen LogP contribution in [0.25, 0.3) is 78.2 Å². The number of para-hydroxylation sites is 4. The Kier molecular flexibility index (Phi) is 6.75. The molecule has 10 aromatic rings. The number of benzene rings is 9. The van der Waals surface area contributed by atoms with Gasteiger partial charge in [0.05, 0.1) is 11.4 Å². The predicted octanol–water partition coefficient (Wildman–Crippen LogP) is 11.6. The number of rotatable bonds is 3. The van der Waals surface area contributed by atoms with E-state index in [0.717, 1.165) is 22.4 Å². The fourth-order valence-corrected chi connectivity index (χ4v) is 16.6. The molecule has 4 heteroatoms. The number of hydrogen-bond acceptors (Lipinski definition) is 3. The molecule has 0 saturated heterocycles. The Bertz CT molecular complexity index is 3250. The summed E-state index contributed by atoms with van der Waals surface area (Å²) in [6.07, 6.45) is 0. The first-order valence-corrected chi connectivity index (χ1v) is 22.3. The lowest BCUT2D eigenvalue weighted by Gasteiger charge is -2.31. The molecule has 13 rings (SSSR count). The van der Waals surface area contributed by atoms with E-state index in [9.17, 15) is 0 Å². The van der Waals surface area contributed by atoms with Gasteiger partial charge in [0.2, 0.25) is 5.89 Å². The van der Waals surface area contributed by atoms with Gasteiger partial charge in [-0.05, 0) is 108 Å². The summed E-state index contributed by atoms with van der Waals surface area (Å²) in [5.74, 6) is 0.677. The van der Waals surface area contributed by atoms with Crippen molar-refractivity contribution in [2.75, 3.05) is 4.90 Å². The van der Waals surface area contributed by atoms with Gasteiger partial charge in [-0.25, -0.2) is 4.98 Å². The van der Waals surface area contributed by atoms with Gasteiger partial charge >= 0.3 is 0 Å². The summed E-state index contributed by atoms with van der Waals surface area (Å²) in [6, 6.07) is 75.8. The molecule has 1 atom stereocenters. The first kappa shape index (κ1) is 32.5. The molecule has 3 nitrogen and oxygen atoms in total. The largest absolute Gasteiger partial charge is 0.436 e. The number of hydrogen-bond donors (Lipinski definition) is 0. The van der Waals surface area contributed by atoms with Gasteiger partial charge in [0, 0.05) is 22.4 Å². The zero-order valence-corrected chi connectivity index (χ0v) is 32.9. The van der Waals surface area contributed by atoms with Crippen LogP contribution < -0.4 is 25.6 Å². The molecule has 0 radical (unpaired) electrons. The molecule has 3 aliphatic heterocycles. The molecular weight excluding hydrogens is 733 g/mol. The number of anilines is 3. The van der Waals surface area contributed by atoms with Crippen LogP contribution in [0.2, 0.25) is 0 Å². The minimum atomic E-state index is -2.95. The van der Waals surface area contributed by atoms with Gasteiger partial charge < -0.3 is 9.32 Å². The van der Waals surface area contributed by atoms with Crippen molar-refractivity contribution in [3.63, 3.8) is 0 Å². The Morgan fingerprint density at radius 3 is 1.42 bits per heavy atom. The second kappa shape index (κ2) is 12.2. The van der Waals surface area contributed by atoms with E-state index in [1.54, 1.807) is 0 Å². The van der Waals surface area contributed by atoms with Crippen molar-refractivity contribution in [3.05, 3.63) is 206 Å². The molecule has 1 unspecified atom stereocenters. The molecule has 0 aliphatic carbocycles. The van der Waals surface area contributed by atoms with Gasteiger partial charge in [-0.2, -0.15) is 0 Å². The van der Waals surface area contributed by atoms with Gasteiger partial charge in [0.25, 0.3) is 0 Å². The monoisotopic (exact) mass is 766 g/mol. The number of fused-ring (bicyclic) bond motifs is 16. The molecule has 1 spiro atoms. The topological polar surface area (TPSA) is 29.3 Å². The second-order valence-electron chi connectivity index (χ2n) is 15.7. The molecule has 3 aliphatic rings. The predicted molar refractivity (Wildman–Crippen MR) is 246 cm³/mol. The zero-order chi connectivity index (χ0) is 38.7. The minimum Gasteiger partial charge on any atom is -0.436 e. The lowest BCUT2D eigenvalue weighted by atomic mass is 9.95. The van der Waals surface area contributed by atoms with E-state index >= 15 is 0 Å². The maximum atomic E-state index is 6.63. The van der Waals surface area contributed by atoms with Gasteiger partial charge in [-0.3, -0.25) is 0 Å². The Labute approximate surface area is 343 Å². The summed E-state index contributed by atoms with van der Waals surface area (Å²) in [4.78, 5) is 7.56. The fourth-order valence-electron chi connectivity index (χ4n) is 10.6. The molecule has 59 heavy (non-hydrogen) atoms. The quantitative estimate of drug-likeness (QED) is 0.168. The van der Waals surface area contributed by atoms with E-state index in [1.807, 2.05) is 24.3 Å². The van der Waals surface area contributed by atoms with Crippen molar-refractivity contribution in [2.45, 2.75) is 0 Å². The Morgan fingerprint density at radius 1 is 0.356 bits per heavy atom. The molecule has 0 fully saturated rings. The standard InChI is InChI=1S/C55H34N2OSi/c1-2-16-39-38(15-1)40-17-3-8-26-48(40)57(49-27-9-4-18-41(39)49)36-33-31-35(32-34-36)37-21-13-22-44-42-19-5-11-29-51(42)59(53(37)44)52-30-12-6-20-43(52)45-23-14-24-46(54(45)59)55-56-47-25-7-10-28-50(47)58-55/h1-34H. The van der Waals surface area contributed by atoms with E-state index in [1.165, 1.54) is 87.8 Å². The zero-order valence-electron chi connectivity index (χ0n) is 31.9. The van der Waals surface area contributed by atoms with Crippen LogP contribution in [0.3, 0.4) is 0 Å². The molecule has 0 amide bonds. The van der Waals surface area contributed by atoms with E-state index in [2.05, 4.69) is 187 Å². The highest BCUT2D eigenvalue weighted by Crippen LogP contribution is 2.51. The summed E-state index contributed by atoms with van der Waals surface area (Å²) in [7, 11) is -2.95. The highest BCUT2D eigenvalue weighted by atomic mass is 28.3. The van der Waals surface area contributed by atoms with Crippen molar-refractivity contribution in [1.29, 1.82) is 0 Å². The van der Waals surface area contributed by atoms with Gasteiger partial charge in [-0.15, -0.1) is 0 Å². The first-order chi connectivity index (χ1) is 29.3. The molecule has 9 aromatic carbocycles. The van der Waals surface area contributed by atoms with Crippen LogP contribution in [0.4, 0.5) is 17.1 Å². The summed E-state index contributed by atoms with van der Waals surface area (Å²) in [5.41, 5.74) is 18.9. The minimum absolute atomic E-state index is 0.677. The molecule has 274 valence electrons. The molecule has 4 heterocycles. The molecular formula is C55H34N2OSi. The van der Waals surface area contributed by atoms with Gasteiger partial charge in [-0.1, -0.05) is 164 Å². The highest BCUT2D eigenvalue weighted by Gasteiger charge is 2.56. The van der Waals surface area contributed by atoms with Crippen LogP contribution in [0.5, 0.6) is 0 Å².